The number of hydrogen-bond donors (Lipinski definition) is 2. The summed E-state index contributed by atoms with van der Waals surface area (Å²) < 4.78 is 5.35. The van der Waals surface area contributed by atoms with E-state index in [2.05, 4.69) is 27.4 Å². The third-order valence-electron chi connectivity index (χ3n) is 5.28. The van der Waals surface area contributed by atoms with Crippen LogP contribution in [0.25, 0.3) is 11.3 Å². The molecule has 0 radical (unpaired) electrons. The van der Waals surface area contributed by atoms with E-state index in [0.29, 0.717) is 23.6 Å². The lowest BCUT2D eigenvalue weighted by molar-refractivity contribution is -0.119. The number of nitrogens with zero attached hydrogens (tertiary/aromatic N) is 2. The number of carbonyl (C=O) groups is 2. The fourth-order valence-electron chi connectivity index (χ4n) is 3.60. The highest BCUT2D eigenvalue weighted by Crippen LogP contribution is 2.28. The number of ether oxygens (including phenoxy) is 1. The summed E-state index contributed by atoms with van der Waals surface area (Å²) in [5.74, 6) is 6.55. The first kappa shape index (κ1) is 21.2. The second-order valence-electron chi connectivity index (χ2n) is 7.40. The highest BCUT2D eigenvalue weighted by atomic mass is 16.5. The third kappa shape index (κ3) is 4.81. The van der Waals surface area contributed by atoms with E-state index < -0.39 is 0 Å². The van der Waals surface area contributed by atoms with Crippen LogP contribution in [0.3, 0.4) is 0 Å². The molecule has 1 aliphatic heterocycles. The maximum absolute atomic E-state index is 12.4. The molecule has 0 unspecified atom stereocenters. The maximum Gasteiger partial charge on any atom is 0.270 e. The van der Waals surface area contributed by atoms with Gasteiger partial charge < -0.3 is 15.0 Å². The van der Waals surface area contributed by atoms with Crippen LogP contribution in [0.15, 0.2) is 54.6 Å². The van der Waals surface area contributed by atoms with Gasteiger partial charge in [0.1, 0.15) is 11.4 Å². The molecule has 7 nitrogen and oxygen atoms in total. The summed E-state index contributed by atoms with van der Waals surface area (Å²) in [4.78, 5) is 26.2. The van der Waals surface area contributed by atoms with Gasteiger partial charge in [0.25, 0.3) is 5.91 Å². The number of nitrogens with one attached hydrogen (secondary N) is 2. The van der Waals surface area contributed by atoms with E-state index in [0.717, 1.165) is 36.2 Å². The molecular formula is C25H24N4O3. The number of methoxy groups -OCH3 is 1. The van der Waals surface area contributed by atoms with Gasteiger partial charge >= 0.3 is 0 Å². The number of carbonyl (C=O) groups excluding carboxylic acids is 2. The number of piperidine rings is 1. The van der Waals surface area contributed by atoms with Crippen LogP contribution in [0.4, 0.5) is 5.69 Å². The number of aromatic nitrogens is 2. The lowest BCUT2D eigenvalue weighted by Gasteiger charge is -2.26. The zero-order valence-electron chi connectivity index (χ0n) is 17.9. The van der Waals surface area contributed by atoms with Crippen molar-refractivity contribution in [1.29, 1.82) is 0 Å². The van der Waals surface area contributed by atoms with Crippen LogP contribution in [-0.2, 0) is 4.79 Å². The van der Waals surface area contributed by atoms with Crippen LogP contribution in [0.2, 0.25) is 0 Å². The number of aromatic amines is 1. The minimum atomic E-state index is -0.285. The maximum atomic E-state index is 12.4. The Balaban J connectivity index is 1.33. The van der Waals surface area contributed by atoms with Gasteiger partial charge in [-0.2, -0.15) is 5.10 Å². The summed E-state index contributed by atoms with van der Waals surface area (Å²) >= 11 is 0. The molecule has 7 heteroatoms. The van der Waals surface area contributed by atoms with Gasteiger partial charge in [-0.05, 0) is 55.3 Å². The molecule has 3 aromatic rings. The largest absolute Gasteiger partial charge is 0.496 e. The molecule has 32 heavy (non-hydrogen) atoms. The fraction of sp³-hybridized carbons (Fsp3) is 0.240. The molecule has 1 aromatic heterocycles. The van der Waals surface area contributed by atoms with Crippen LogP contribution in [-0.4, -0.2) is 42.2 Å². The molecule has 2 aromatic carbocycles. The topological polar surface area (TPSA) is 87.3 Å². The number of para-hydroxylation sites is 1. The predicted molar refractivity (Wildman–Crippen MR) is 122 cm³/mol. The first-order valence-corrected chi connectivity index (χ1v) is 10.5. The number of rotatable bonds is 5. The van der Waals surface area contributed by atoms with Crippen LogP contribution >= 0.6 is 0 Å². The van der Waals surface area contributed by atoms with Crippen LogP contribution < -0.4 is 15.0 Å². The van der Waals surface area contributed by atoms with E-state index in [1.54, 1.807) is 13.2 Å². The molecule has 2 amide bonds. The summed E-state index contributed by atoms with van der Waals surface area (Å²) in [6.45, 7) is 0.969. The Morgan fingerprint density at radius 2 is 2.00 bits per heavy atom. The molecule has 1 saturated heterocycles. The summed E-state index contributed by atoms with van der Waals surface area (Å²) in [7, 11) is 1.60. The standard InChI is InChI=1S/C25H24N4O3/c1-32-23-9-3-2-8-20(23)21-17-22(28-27-21)25(31)26-15-6-7-18-11-13-19(14-12-18)29-16-5-4-10-24(29)30/h2-3,8-9,11-14,17H,4-5,10,15-16H2,1H3,(H,26,31)(H,27,28). The third-order valence-corrected chi connectivity index (χ3v) is 5.28. The summed E-state index contributed by atoms with van der Waals surface area (Å²) in [5, 5.41) is 9.73. The van der Waals surface area contributed by atoms with E-state index in [4.69, 9.17) is 4.74 Å². The molecule has 0 atom stereocenters. The number of amides is 2. The first-order valence-electron chi connectivity index (χ1n) is 10.5. The van der Waals surface area contributed by atoms with Gasteiger partial charge in [-0.25, -0.2) is 0 Å². The van der Waals surface area contributed by atoms with Crippen molar-refractivity contribution in [1.82, 2.24) is 15.5 Å². The van der Waals surface area contributed by atoms with Gasteiger partial charge in [0.15, 0.2) is 0 Å². The van der Waals surface area contributed by atoms with Crippen molar-refractivity contribution in [3.63, 3.8) is 0 Å². The molecule has 162 valence electrons. The van der Waals surface area contributed by atoms with Crippen molar-refractivity contribution in [3.8, 4) is 28.8 Å². The highest BCUT2D eigenvalue weighted by Gasteiger charge is 2.19. The SMILES string of the molecule is COc1ccccc1-c1cc(C(=O)NCC#Cc2ccc(N3CCCCC3=O)cc2)[nH]n1. The quantitative estimate of drug-likeness (QED) is 0.610. The Morgan fingerprint density at radius 1 is 1.19 bits per heavy atom. The molecule has 2 heterocycles. The van der Waals surface area contributed by atoms with Crippen LogP contribution in [0, 0.1) is 11.8 Å². The van der Waals surface area contributed by atoms with Crippen LogP contribution in [0.5, 0.6) is 5.75 Å². The van der Waals surface area contributed by atoms with E-state index in [-0.39, 0.29) is 18.4 Å². The zero-order chi connectivity index (χ0) is 22.3. The molecule has 0 bridgehead atoms. The average Bonchev–Trinajstić information content (AvgIpc) is 3.33. The molecule has 0 aliphatic carbocycles. The van der Waals surface area contributed by atoms with Crippen molar-refractivity contribution in [2.24, 2.45) is 0 Å². The van der Waals surface area contributed by atoms with Gasteiger partial charge in [0.2, 0.25) is 5.91 Å². The fourth-order valence-corrected chi connectivity index (χ4v) is 3.60. The van der Waals surface area contributed by atoms with Gasteiger partial charge in [0, 0.05) is 29.8 Å². The second kappa shape index (κ2) is 9.84. The monoisotopic (exact) mass is 428 g/mol. The number of hydrogen-bond acceptors (Lipinski definition) is 4. The Kier molecular flexibility index (Phi) is 6.52. The van der Waals surface area contributed by atoms with Crippen molar-refractivity contribution >= 4 is 17.5 Å². The van der Waals surface area contributed by atoms with Crippen molar-refractivity contribution in [3.05, 3.63) is 65.9 Å². The van der Waals surface area contributed by atoms with E-state index >= 15 is 0 Å². The van der Waals surface area contributed by atoms with Crippen molar-refractivity contribution in [2.75, 3.05) is 25.1 Å². The van der Waals surface area contributed by atoms with E-state index in [1.165, 1.54) is 0 Å². The molecule has 0 saturated carbocycles. The Labute approximate surface area is 186 Å². The van der Waals surface area contributed by atoms with Gasteiger partial charge in [0.05, 0.1) is 19.3 Å². The Hall–Kier alpha value is -4.05. The molecule has 2 N–H and O–H groups in total. The highest BCUT2D eigenvalue weighted by molar-refractivity contribution is 5.94. The average molecular weight is 428 g/mol. The molecule has 1 fully saturated rings. The van der Waals surface area contributed by atoms with Crippen molar-refractivity contribution in [2.45, 2.75) is 19.3 Å². The van der Waals surface area contributed by atoms with E-state index in [9.17, 15) is 9.59 Å². The van der Waals surface area contributed by atoms with Gasteiger partial charge in [-0.15, -0.1) is 0 Å². The summed E-state index contributed by atoms with van der Waals surface area (Å²) in [6.07, 6.45) is 2.60. The van der Waals surface area contributed by atoms with Crippen LogP contribution in [0.1, 0.15) is 35.3 Å². The molecule has 4 rings (SSSR count). The summed E-state index contributed by atoms with van der Waals surface area (Å²) in [5.41, 5.74) is 3.51. The Bertz CT molecular complexity index is 1170. The molecule has 1 aliphatic rings. The summed E-state index contributed by atoms with van der Waals surface area (Å²) in [6, 6.07) is 16.8. The number of H-pyrrole nitrogens is 1. The zero-order valence-corrected chi connectivity index (χ0v) is 17.9. The van der Waals surface area contributed by atoms with E-state index in [1.807, 2.05) is 53.4 Å². The predicted octanol–water partition coefficient (Wildman–Crippen LogP) is 3.38. The normalized spacial score (nSPS) is 13.3. The first-order chi connectivity index (χ1) is 15.7. The van der Waals surface area contributed by atoms with Crippen molar-refractivity contribution < 1.29 is 14.3 Å². The van der Waals surface area contributed by atoms with Gasteiger partial charge in [-0.1, -0.05) is 24.0 Å². The molecule has 0 spiro atoms. The minimum Gasteiger partial charge on any atom is -0.496 e. The smallest absolute Gasteiger partial charge is 0.270 e. The Morgan fingerprint density at radius 3 is 2.78 bits per heavy atom. The lowest BCUT2D eigenvalue weighted by atomic mass is 10.1. The number of benzene rings is 2. The van der Waals surface area contributed by atoms with Gasteiger partial charge in [-0.3, -0.25) is 14.7 Å². The number of anilines is 1. The lowest BCUT2D eigenvalue weighted by Crippen LogP contribution is -2.35. The second-order valence-corrected chi connectivity index (χ2v) is 7.40. The molecular weight excluding hydrogens is 404 g/mol. The minimum absolute atomic E-state index is 0.172.